The molecule has 1 heterocycles. The number of carbonyl (C=O) groups is 2. The van der Waals surface area contributed by atoms with E-state index in [2.05, 4.69) is 22.5 Å². The van der Waals surface area contributed by atoms with Gasteiger partial charge in [0.05, 0.1) is 13.2 Å². The highest BCUT2D eigenvalue weighted by molar-refractivity contribution is 5.96. The van der Waals surface area contributed by atoms with Gasteiger partial charge in [-0.2, -0.15) is 0 Å². The van der Waals surface area contributed by atoms with Crippen LogP contribution in [-0.2, 0) is 11.3 Å². The fraction of sp³-hybridized carbons (Fsp3) is 0.240. The number of rotatable bonds is 10. The Morgan fingerprint density at radius 3 is 2.39 bits per heavy atom. The summed E-state index contributed by atoms with van der Waals surface area (Å²) in [6.07, 6.45) is 3.64. The van der Waals surface area contributed by atoms with E-state index in [9.17, 15) is 9.59 Å². The number of benzene rings is 2. The lowest BCUT2D eigenvalue weighted by Gasteiger charge is -2.11. The van der Waals surface area contributed by atoms with E-state index >= 15 is 0 Å². The number of nitrogens with zero attached hydrogens (tertiary/aromatic N) is 1. The molecule has 2 amide bonds. The minimum Gasteiger partial charge on any atom is -0.477 e. The zero-order chi connectivity index (χ0) is 21.9. The van der Waals surface area contributed by atoms with Gasteiger partial charge in [0.25, 0.3) is 5.91 Å². The van der Waals surface area contributed by atoms with Crippen LogP contribution in [-0.4, -0.2) is 29.9 Å². The SMILES string of the molecule is CCCCOc1ncccc1CNC(=O)CNC(=O)c1ccc(-c2ccccc2)cc1. The van der Waals surface area contributed by atoms with Crippen LogP contribution in [0.1, 0.15) is 35.7 Å². The van der Waals surface area contributed by atoms with E-state index in [1.807, 2.05) is 48.5 Å². The summed E-state index contributed by atoms with van der Waals surface area (Å²) in [6.45, 7) is 2.86. The van der Waals surface area contributed by atoms with Crippen molar-refractivity contribution in [2.45, 2.75) is 26.3 Å². The largest absolute Gasteiger partial charge is 0.477 e. The Morgan fingerprint density at radius 1 is 0.903 bits per heavy atom. The number of pyridine rings is 1. The molecule has 0 bridgehead atoms. The Hall–Kier alpha value is -3.67. The standard InChI is InChI=1S/C25H27N3O3/c1-2-3-16-31-25-22(10-7-15-26-25)17-27-23(29)18-28-24(30)21-13-11-20(12-14-21)19-8-5-4-6-9-19/h4-15H,2-3,16-18H2,1H3,(H,27,29)(H,28,30). The van der Waals surface area contributed by atoms with Crippen LogP contribution in [0.3, 0.4) is 0 Å². The molecule has 6 heteroatoms. The number of carbonyl (C=O) groups excluding carboxylic acids is 2. The van der Waals surface area contributed by atoms with Crippen LogP contribution in [0, 0.1) is 0 Å². The highest BCUT2D eigenvalue weighted by Crippen LogP contribution is 2.19. The lowest BCUT2D eigenvalue weighted by Crippen LogP contribution is -2.36. The number of hydrogen-bond donors (Lipinski definition) is 2. The predicted octanol–water partition coefficient (Wildman–Crippen LogP) is 3.97. The van der Waals surface area contributed by atoms with E-state index in [1.54, 1.807) is 24.4 Å². The van der Waals surface area contributed by atoms with Gasteiger partial charge < -0.3 is 15.4 Å². The third-order valence-corrected chi connectivity index (χ3v) is 4.73. The first-order chi connectivity index (χ1) is 15.2. The fourth-order valence-corrected chi connectivity index (χ4v) is 2.97. The monoisotopic (exact) mass is 417 g/mol. The molecule has 3 rings (SSSR count). The minimum atomic E-state index is -0.292. The maximum absolute atomic E-state index is 12.4. The molecule has 0 radical (unpaired) electrons. The quantitative estimate of drug-likeness (QED) is 0.489. The van der Waals surface area contributed by atoms with Crippen LogP contribution in [0.15, 0.2) is 72.9 Å². The maximum atomic E-state index is 12.4. The van der Waals surface area contributed by atoms with Crippen LogP contribution < -0.4 is 15.4 Å². The van der Waals surface area contributed by atoms with E-state index in [0.717, 1.165) is 29.5 Å². The Kier molecular flexibility index (Phi) is 8.17. The average molecular weight is 418 g/mol. The summed E-state index contributed by atoms with van der Waals surface area (Å²) in [6, 6.07) is 20.9. The van der Waals surface area contributed by atoms with Gasteiger partial charge in [0.2, 0.25) is 11.8 Å². The predicted molar refractivity (Wildman–Crippen MR) is 121 cm³/mol. The second-order valence-corrected chi connectivity index (χ2v) is 7.07. The van der Waals surface area contributed by atoms with Crippen molar-refractivity contribution in [1.82, 2.24) is 15.6 Å². The topological polar surface area (TPSA) is 80.3 Å². The van der Waals surface area contributed by atoms with Crippen molar-refractivity contribution in [3.8, 4) is 17.0 Å². The number of nitrogens with one attached hydrogen (secondary N) is 2. The molecule has 160 valence electrons. The van der Waals surface area contributed by atoms with Gasteiger partial charge >= 0.3 is 0 Å². The first kappa shape index (κ1) is 22.0. The molecule has 1 aromatic heterocycles. The molecular weight excluding hydrogens is 390 g/mol. The average Bonchev–Trinajstić information content (AvgIpc) is 2.82. The van der Waals surface area contributed by atoms with Gasteiger partial charge in [-0.15, -0.1) is 0 Å². The highest BCUT2D eigenvalue weighted by atomic mass is 16.5. The van der Waals surface area contributed by atoms with Gasteiger partial charge in [-0.1, -0.05) is 61.9 Å². The van der Waals surface area contributed by atoms with Crippen molar-refractivity contribution >= 4 is 11.8 Å². The first-order valence-corrected chi connectivity index (χ1v) is 10.4. The van der Waals surface area contributed by atoms with E-state index in [0.29, 0.717) is 18.1 Å². The lowest BCUT2D eigenvalue weighted by atomic mass is 10.0. The van der Waals surface area contributed by atoms with Crippen LogP contribution in [0.2, 0.25) is 0 Å². The van der Waals surface area contributed by atoms with E-state index in [4.69, 9.17) is 4.74 Å². The number of hydrogen-bond acceptors (Lipinski definition) is 4. The van der Waals surface area contributed by atoms with Gasteiger partial charge in [-0.3, -0.25) is 9.59 Å². The molecular formula is C25H27N3O3. The third kappa shape index (κ3) is 6.67. The Bertz CT molecular complexity index is 988. The number of ether oxygens (including phenoxy) is 1. The summed E-state index contributed by atoms with van der Waals surface area (Å²) in [4.78, 5) is 28.8. The smallest absolute Gasteiger partial charge is 0.251 e. The van der Waals surface area contributed by atoms with Crippen LogP contribution in [0.4, 0.5) is 0 Å². The van der Waals surface area contributed by atoms with Crippen LogP contribution >= 0.6 is 0 Å². The van der Waals surface area contributed by atoms with Crippen molar-refractivity contribution in [3.63, 3.8) is 0 Å². The molecule has 0 fully saturated rings. The van der Waals surface area contributed by atoms with Crippen molar-refractivity contribution in [2.75, 3.05) is 13.2 Å². The summed E-state index contributed by atoms with van der Waals surface area (Å²) >= 11 is 0. The molecule has 0 aliphatic rings. The lowest BCUT2D eigenvalue weighted by molar-refractivity contribution is -0.120. The van der Waals surface area contributed by atoms with Crippen molar-refractivity contribution in [3.05, 3.63) is 84.1 Å². The normalized spacial score (nSPS) is 10.4. The van der Waals surface area contributed by atoms with Gasteiger partial charge in [-0.25, -0.2) is 4.98 Å². The first-order valence-electron chi connectivity index (χ1n) is 10.4. The van der Waals surface area contributed by atoms with Gasteiger partial charge in [0.15, 0.2) is 0 Å². The molecule has 0 spiro atoms. The van der Waals surface area contributed by atoms with E-state index in [-0.39, 0.29) is 24.9 Å². The van der Waals surface area contributed by atoms with Gasteiger partial charge in [0, 0.05) is 23.9 Å². The Balaban J connectivity index is 1.47. The summed E-state index contributed by atoms with van der Waals surface area (Å²) in [5.41, 5.74) is 3.42. The van der Waals surface area contributed by atoms with Crippen molar-refractivity contribution < 1.29 is 14.3 Å². The number of amides is 2. The molecule has 0 saturated heterocycles. The van der Waals surface area contributed by atoms with E-state index < -0.39 is 0 Å². The Morgan fingerprint density at radius 2 is 1.65 bits per heavy atom. The second-order valence-electron chi connectivity index (χ2n) is 7.07. The molecule has 2 aromatic carbocycles. The Labute approximate surface area is 182 Å². The summed E-state index contributed by atoms with van der Waals surface area (Å²) in [7, 11) is 0. The molecule has 3 aromatic rings. The zero-order valence-electron chi connectivity index (χ0n) is 17.6. The molecule has 0 aliphatic heterocycles. The summed E-state index contributed by atoms with van der Waals surface area (Å²) in [5, 5.41) is 5.45. The summed E-state index contributed by atoms with van der Waals surface area (Å²) in [5.74, 6) is -0.0452. The summed E-state index contributed by atoms with van der Waals surface area (Å²) < 4.78 is 5.68. The molecule has 0 aliphatic carbocycles. The number of unbranched alkanes of at least 4 members (excludes halogenated alkanes) is 1. The third-order valence-electron chi connectivity index (χ3n) is 4.73. The molecule has 0 atom stereocenters. The van der Waals surface area contributed by atoms with Gasteiger partial charge in [0.1, 0.15) is 0 Å². The number of aromatic nitrogens is 1. The minimum absolute atomic E-state index is 0.106. The van der Waals surface area contributed by atoms with E-state index in [1.165, 1.54) is 0 Å². The van der Waals surface area contributed by atoms with Crippen molar-refractivity contribution in [1.29, 1.82) is 0 Å². The molecule has 6 nitrogen and oxygen atoms in total. The molecule has 0 unspecified atom stereocenters. The highest BCUT2D eigenvalue weighted by Gasteiger charge is 2.10. The second kappa shape index (κ2) is 11.5. The molecule has 0 saturated carbocycles. The molecule has 2 N–H and O–H groups in total. The van der Waals surface area contributed by atoms with Crippen LogP contribution in [0.25, 0.3) is 11.1 Å². The van der Waals surface area contributed by atoms with Crippen LogP contribution in [0.5, 0.6) is 5.88 Å². The van der Waals surface area contributed by atoms with Crippen molar-refractivity contribution in [2.24, 2.45) is 0 Å². The van der Waals surface area contributed by atoms with Gasteiger partial charge in [-0.05, 0) is 35.7 Å². The fourth-order valence-electron chi connectivity index (χ4n) is 2.97. The zero-order valence-corrected chi connectivity index (χ0v) is 17.6. The molecule has 31 heavy (non-hydrogen) atoms. The maximum Gasteiger partial charge on any atom is 0.251 e.